The minimum atomic E-state index is -0.458. The second-order valence-corrected chi connectivity index (χ2v) is 8.85. The van der Waals surface area contributed by atoms with Gasteiger partial charge in [-0.2, -0.15) is 0 Å². The van der Waals surface area contributed by atoms with E-state index in [1.165, 1.54) is 5.56 Å². The number of nitrogens with one attached hydrogen (secondary N) is 1. The Morgan fingerprint density at radius 2 is 1.93 bits per heavy atom. The zero-order chi connectivity index (χ0) is 19.6. The Hall–Kier alpha value is -2.27. The molecule has 3 rings (SSSR count). The number of aryl methyl sites for hydroxylation is 1. The largest absolute Gasteiger partial charge is 0.326 e. The molecular weight excluding hydrogens is 356 g/mol. The Labute approximate surface area is 165 Å². The van der Waals surface area contributed by atoms with Crippen molar-refractivity contribution in [2.75, 3.05) is 16.0 Å². The van der Waals surface area contributed by atoms with Gasteiger partial charge in [-0.1, -0.05) is 52.0 Å². The summed E-state index contributed by atoms with van der Waals surface area (Å²) < 4.78 is 0. The van der Waals surface area contributed by atoms with E-state index in [2.05, 4.69) is 24.4 Å². The third-order valence-electron chi connectivity index (χ3n) is 4.58. The van der Waals surface area contributed by atoms with E-state index in [0.717, 1.165) is 23.4 Å². The molecule has 0 saturated carbocycles. The Morgan fingerprint density at radius 1 is 1.19 bits per heavy atom. The summed E-state index contributed by atoms with van der Waals surface area (Å²) in [5.41, 5.74) is 3.45. The number of anilines is 2. The van der Waals surface area contributed by atoms with Crippen molar-refractivity contribution in [2.45, 2.75) is 39.5 Å². The number of benzene rings is 2. The maximum atomic E-state index is 12.6. The lowest BCUT2D eigenvalue weighted by atomic mass is 9.95. The normalized spacial score (nSPS) is 17.3. The SMILES string of the molecule is CCc1cccc(N2C(=O)CS[C@H]2c2cccc(NC(=O)C(C)(C)C)c2)c1. The van der Waals surface area contributed by atoms with Gasteiger partial charge in [0.1, 0.15) is 5.37 Å². The van der Waals surface area contributed by atoms with Gasteiger partial charge in [0, 0.05) is 16.8 Å². The van der Waals surface area contributed by atoms with Crippen LogP contribution in [0.25, 0.3) is 0 Å². The zero-order valence-corrected chi connectivity index (χ0v) is 17.1. The molecule has 1 N–H and O–H groups in total. The van der Waals surface area contributed by atoms with Gasteiger partial charge < -0.3 is 5.32 Å². The smallest absolute Gasteiger partial charge is 0.238 e. The molecule has 1 atom stereocenters. The van der Waals surface area contributed by atoms with Gasteiger partial charge in [-0.25, -0.2) is 0 Å². The number of carbonyl (C=O) groups is 2. The lowest BCUT2D eigenvalue weighted by molar-refractivity contribution is -0.123. The highest BCUT2D eigenvalue weighted by atomic mass is 32.2. The first-order valence-electron chi connectivity index (χ1n) is 9.23. The van der Waals surface area contributed by atoms with Gasteiger partial charge in [-0.3, -0.25) is 14.5 Å². The van der Waals surface area contributed by atoms with E-state index in [1.807, 2.05) is 62.1 Å². The standard InChI is InChI=1S/C22H26N2O2S/c1-5-15-8-6-11-18(12-15)24-19(25)14-27-20(24)16-9-7-10-17(13-16)23-21(26)22(2,3)4/h6-13,20H,5,14H2,1-4H3,(H,23,26)/t20-/m0/s1. The number of rotatable bonds is 4. The van der Waals surface area contributed by atoms with Gasteiger partial charge in [-0.05, 0) is 41.8 Å². The maximum Gasteiger partial charge on any atom is 0.238 e. The molecule has 2 amide bonds. The van der Waals surface area contributed by atoms with Crippen LogP contribution in [-0.2, 0) is 16.0 Å². The molecule has 1 saturated heterocycles. The van der Waals surface area contributed by atoms with Crippen LogP contribution in [0.1, 0.15) is 44.2 Å². The second-order valence-electron chi connectivity index (χ2n) is 7.78. The van der Waals surface area contributed by atoms with E-state index < -0.39 is 5.41 Å². The van der Waals surface area contributed by atoms with Crippen molar-refractivity contribution < 1.29 is 9.59 Å². The third kappa shape index (κ3) is 4.35. The molecule has 0 aromatic heterocycles. The topological polar surface area (TPSA) is 49.4 Å². The summed E-state index contributed by atoms with van der Waals surface area (Å²) >= 11 is 1.62. The summed E-state index contributed by atoms with van der Waals surface area (Å²) in [5, 5.41) is 2.89. The van der Waals surface area contributed by atoms with Crippen LogP contribution in [0.15, 0.2) is 48.5 Å². The Bertz CT molecular complexity index is 857. The fourth-order valence-corrected chi connectivity index (χ4v) is 4.13. The molecule has 2 aromatic rings. The maximum absolute atomic E-state index is 12.6. The van der Waals surface area contributed by atoms with Crippen LogP contribution >= 0.6 is 11.8 Å². The lowest BCUT2D eigenvalue weighted by Gasteiger charge is -2.25. The molecule has 27 heavy (non-hydrogen) atoms. The van der Waals surface area contributed by atoms with E-state index in [9.17, 15) is 9.59 Å². The molecule has 0 spiro atoms. The molecule has 4 nitrogen and oxygen atoms in total. The number of thioether (sulfide) groups is 1. The molecule has 1 aliphatic rings. The van der Waals surface area contributed by atoms with E-state index in [4.69, 9.17) is 0 Å². The van der Waals surface area contributed by atoms with Crippen molar-refractivity contribution in [3.8, 4) is 0 Å². The molecule has 2 aromatic carbocycles. The van der Waals surface area contributed by atoms with Crippen LogP contribution in [0.4, 0.5) is 11.4 Å². The summed E-state index contributed by atoms with van der Waals surface area (Å²) in [6, 6.07) is 15.9. The minimum absolute atomic E-state index is 0.0256. The molecule has 0 unspecified atom stereocenters. The van der Waals surface area contributed by atoms with Crippen molar-refractivity contribution >= 4 is 35.0 Å². The monoisotopic (exact) mass is 382 g/mol. The molecule has 142 valence electrons. The van der Waals surface area contributed by atoms with Gasteiger partial charge in [0.25, 0.3) is 0 Å². The molecule has 0 aliphatic carbocycles. The zero-order valence-electron chi connectivity index (χ0n) is 16.3. The number of hydrogen-bond acceptors (Lipinski definition) is 3. The first-order chi connectivity index (χ1) is 12.8. The van der Waals surface area contributed by atoms with E-state index in [-0.39, 0.29) is 17.2 Å². The number of hydrogen-bond donors (Lipinski definition) is 1. The predicted molar refractivity (Wildman–Crippen MR) is 113 cm³/mol. The highest BCUT2D eigenvalue weighted by Crippen LogP contribution is 2.42. The van der Waals surface area contributed by atoms with Crippen LogP contribution in [-0.4, -0.2) is 17.6 Å². The van der Waals surface area contributed by atoms with Crippen LogP contribution in [0.2, 0.25) is 0 Å². The Balaban J connectivity index is 1.89. The quantitative estimate of drug-likeness (QED) is 0.808. The van der Waals surface area contributed by atoms with Crippen molar-refractivity contribution in [1.29, 1.82) is 0 Å². The fraction of sp³-hybridized carbons (Fsp3) is 0.364. The number of amides is 2. The molecule has 0 bridgehead atoms. The predicted octanol–water partition coefficient (Wildman–Crippen LogP) is 5.01. The van der Waals surface area contributed by atoms with Crippen molar-refractivity contribution in [3.05, 3.63) is 59.7 Å². The third-order valence-corrected chi connectivity index (χ3v) is 5.79. The molecule has 0 radical (unpaired) electrons. The van der Waals surface area contributed by atoms with Gasteiger partial charge in [0.2, 0.25) is 11.8 Å². The average Bonchev–Trinajstić information content (AvgIpc) is 3.03. The summed E-state index contributed by atoms with van der Waals surface area (Å²) in [5.74, 6) is 0.546. The van der Waals surface area contributed by atoms with Crippen molar-refractivity contribution in [1.82, 2.24) is 0 Å². The Kier molecular flexibility index (Phi) is 5.61. The van der Waals surface area contributed by atoms with Gasteiger partial charge >= 0.3 is 0 Å². The first-order valence-corrected chi connectivity index (χ1v) is 10.3. The minimum Gasteiger partial charge on any atom is -0.326 e. The van der Waals surface area contributed by atoms with E-state index >= 15 is 0 Å². The van der Waals surface area contributed by atoms with Crippen LogP contribution in [0, 0.1) is 5.41 Å². The average molecular weight is 383 g/mol. The van der Waals surface area contributed by atoms with E-state index in [0.29, 0.717) is 5.75 Å². The van der Waals surface area contributed by atoms with Crippen molar-refractivity contribution in [3.63, 3.8) is 0 Å². The molecule has 1 fully saturated rings. The molecule has 5 heteroatoms. The van der Waals surface area contributed by atoms with Gasteiger partial charge in [0.15, 0.2) is 0 Å². The fourth-order valence-electron chi connectivity index (χ4n) is 2.96. The van der Waals surface area contributed by atoms with Gasteiger partial charge in [0.05, 0.1) is 5.75 Å². The number of nitrogens with zero attached hydrogens (tertiary/aromatic N) is 1. The van der Waals surface area contributed by atoms with Crippen LogP contribution in [0.3, 0.4) is 0 Å². The summed E-state index contributed by atoms with van der Waals surface area (Å²) in [6.45, 7) is 7.78. The van der Waals surface area contributed by atoms with E-state index in [1.54, 1.807) is 11.8 Å². The van der Waals surface area contributed by atoms with Crippen LogP contribution in [0.5, 0.6) is 0 Å². The molecule has 1 aliphatic heterocycles. The first kappa shape index (κ1) is 19.5. The lowest BCUT2D eigenvalue weighted by Crippen LogP contribution is -2.29. The molecular formula is C22H26N2O2S. The summed E-state index contributed by atoms with van der Waals surface area (Å²) in [7, 11) is 0. The highest BCUT2D eigenvalue weighted by Gasteiger charge is 2.34. The molecule has 1 heterocycles. The summed E-state index contributed by atoms with van der Waals surface area (Å²) in [6.07, 6.45) is 0.933. The van der Waals surface area contributed by atoms with Crippen LogP contribution < -0.4 is 10.2 Å². The van der Waals surface area contributed by atoms with Crippen molar-refractivity contribution in [2.24, 2.45) is 5.41 Å². The second kappa shape index (κ2) is 7.77. The van der Waals surface area contributed by atoms with Gasteiger partial charge in [-0.15, -0.1) is 11.8 Å². The highest BCUT2D eigenvalue weighted by molar-refractivity contribution is 8.00. The number of carbonyl (C=O) groups excluding carboxylic acids is 2. The Morgan fingerprint density at radius 3 is 2.63 bits per heavy atom. The summed E-state index contributed by atoms with van der Waals surface area (Å²) in [4.78, 5) is 26.8.